The second-order valence-electron chi connectivity index (χ2n) is 5.13. The number of carbonyl (C=O) groups excluding carboxylic acids is 1. The van der Waals surface area contributed by atoms with Gasteiger partial charge in [0, 0.05) is 12.6 Å². The molecule has 0 radical (unpaired) electrons. The van der Waals surface area contributed by atoms with Crippen molar-refractivity contribution >= 4 is 11.7 Å². The Morgan fingerprint density at radius 1 is 1.00 bits per heavy atom. The topological polar surface area (TPSA) is 68.8 Å². The summed E-state index contributed by atoms with van der Waals surface area (Å²) >= 11 is 0. The van der Waals surface area contributed by atoms with Gasteiger partial charge < -0.3 is 24.8 Å². The molecule has 134 valence electrons. The van der Waals surface area contributed by atoms with E-state index in [4.69, 9.17) is 14.2 Å². The molecule has 7 heteroatoms. The molecule has 2 amide bonds. The molecule has 0 heterocycles. The van der Waals surface area contributed by atoms with Crippen LogP contribution >= 0.6 is 0 Å². The van der Waals surface area contributed by atoms with Crippen molar-refractivity contribution in [1.29, 1.82) is 0 Å². The Bertz CT molecular complexity index is 737. The van der Waals surface area contributed by atoms with Crippen LogP contribution in [0.5, 0.6) is 17.2 Å². The van der Waals surface area contributed by atoms with Crippen molar-refractivity contribution in [2.45, 2.75) is 6.42 Å². The van der Waals surface area contributed by atoms with Gasteiger partial charge in [0.25, 0.3) is 0 Å². The van der Waals surface area contributed by atoms with E-state index >= 15 is 0 Å². The molecule has 0 aromatic heterocycles. The fourth-order valence-electron chi connectivity index (χ4n) is 2.33. The predicted molar refractivity (Wildman–Crippen MR) is 93.2 cm³/mol. The Morgan fingerprint density at radius 2 is 1.64 bits per heavy atom. The summed E-state index contributed by atoms with van der Waals surface area (Å²) in [5.41, 5.74) is 0.982. The molecule has 0 aliphatic heterocycles. The third kappa shape index (κ3) is 4.76. The van der Waals surface area contributed by atoms with Gasteiger partial charge in [0.05, 0.1) is 27.0 Å². The molecule has 0 saturated heterocycles. The average molecular weight is 348 g/mol. The predicted octanol–water partition coefficient (Wildman–Crippen LogP) is 3.22. The lowest BCUT2D eigenvalue weighted by atomic mass is 10.1. The third-order valence-electron chi connectivity index (χ3n) is 3.59. The smallest absolute Gasteiger partial charge is 0.319 e. The van der Waals surface area contributed by atoms with Gasteiger partial charge in [-0.3, -0.25) is 0 Å². The van der Waals surface area contributed by atoms with Gasteiger partial charge in [-0.1, -0.05) is 12.1 Å². The Morgan fingerprint density at radius 3 is 2.28 bits per heavy atom. The first kappa shape index (κ1) is 18.4. The molecule has 2 rings (SSSR count). The van der Waals surface area contributed by atoms with Gasteiger partial charge in [-0.05, 0) is 30.2 Å². The van der Waals surface area contributed by atoms with Gasteiger partial charge in [-0.2, -0.15) is 0 Å². The number of amides is 2. The largest absolute Gasteiger partial charge is 0.496 e. The summed E-state index contributed by atoms with van der Waals surface area (Å²) in [6, 6.07) is 9.03. The van der Waals surface area contributed by atoms with Crippen LogP contribution in [0.1, 0.15) is 5.56 Å². The summed E-state index contributed by atoms with van der Waals surface area (Å²) in [5.74, 6) is 1.29. The highest BCUT2D eigenvalue weighted by Gasteiger charge is 2.12. The number of methoxy groups -OCH3 is 3. The number of para-hydroxylation sites is 1. The molecular formula is C18H21FN2O4. The van der Waals surface area contributed by atoms with Gasteiger partial charge in [0.1, 0.15) is 11.6 Å². The quantitative estimate of drug-likeness (QED) is 0.806. The van der Waals surface area contributed by atoms with Crippen LogP contribution in [0.4, 0.5) is 14.9 Å². The lowest BCUT2D eigenvalue weighted by Gasteiger charge is -2.14. The number of ether oxygens (including phenoxy) is 3. The number of hydrogen-bond donors (Lipinski definition) is 2. The SMILES string of the molecule is COc1cc(OC)c(OC)cc1CCNC(=O)Nc1ccccc1F. The number of hydrogen-bond acceptors (Lipinski definition) is 4. The maximum Gasteiger partial charge on any atom is 0.319 e. The molecule has 2 aromatic rings. The first-order valence-corrected chi connectivity index (χ1v) is 7.67. The van der Waals surface area contributed by atoms with E-state index in [0.29, 0.717) is 30.2 Å². The number of anilines is 1. The Kier molecular flexibility index (Phi) is 6.45. The highest BCUT2D eigenvalue weighted by molar-refractivity contribution is 5.89. The van der Waals surface area contributed by atoms with E-state index in [2.05, 4.69) is 10.6 Å². The van der Waals surface area contributed by atoms with Crippen LogP contribution in [0.3, 0.4) is 0 Å². The number of rotatable bonds is 7. The molecule has 0 aliphatic carbocycles. The minimum Gasteiger partial charge on any atom is -0.496 e. The maximum absolute atomic E-state index is 13.5. The van der Waals surface area contributed by atoms with Gasteiger partial charge in [0.2, 0.25) is 0 Å². The van der Waals surface area contributed by atoms with Crippen LogP contribution in [0.2, 0.25) is 0 Å². The number of carbonyl (C=O) groups is 1. The van der Waals surface area contributed by atoms with E-state index in [1.807, 2.05) is 0 Å². The first-order valence-electron chi connectivity index (χ1n) is 7.67. The summed E-state index contributed by atoms with van der Waals surface area (Å²) in [4.78, 5) is 11.9. The maximum atomic E-state index is 13.5. The molecule has 6 nitrogen and oxygen atoms in total. The number of halogens is 1. The molecule has 0 bridgehead atoms. The number of urea groups is 1. The van der Waals surface area contributed by atoms with E-state index in [1.54, 1.807) is 45.6 Å². The molecule has 2 aromatic carbocycles. The standard InChI is InChI=1S/C18H21FN2O4/c1-23-15-11-17(25-3)16(24-2)10-12(15)8-9-20-18(22)21-14-7-5-4-6-13(14)19/h4-7,10-11H,8-9H2,1-3H3,(H2,20,21,22). The molecule has 0 fully saturated rings. The Balaban J connectivity index is 1.97. The van der Waals surface area contributed by atoms with Crippen molar-refractivity contribution in [2.75, 3.05) is 33.2 Å². The molecule has 25 heavy (non-hydrogen) atoms. The first-order chi connectivity index (χ1) is 12.1. The van der Waals surface area contributed by atoms with E-state index in [1.165, 1.54) is 12.1 Å². The zero-order valence-electron chi connectivity index (χ0n) is 14.4. The number of nitrogens with one attached hydrogen (secondary N) is 2. The highest BCUT2D eigenvalue weighted by Crippen LogP contribution is 2.34. The van der Waals surface area contributed by atoms with Crippen LogP contribution in [0.25, 0.3) is 0 Å². The normalized spacial score (nSPS) is 10.1. The minimum atomic E-state index is -0.487. The van der Waals surface area contributed by atoms with Crippen molar-refractivity contribution in [3.63, 3.8) is 0 Å². The van der Waals surface area contributed by atoms with Crippen LogP contribution < -0.4 is 24.8 Å². The van der Waals surface area contributed by atoms with Gasteiger partial charge >= 0.3 is 6.03 Å². The van der Waals surface area contributed by atoms with Gasteiger partial charge in [-0.15, -0.1) is 0 Å². The van der Waals surface area contributed by atoms with E-state index in [-0.39, 0.29) is 5.69 Å². The highest BCUT2D eigenvalue weighted by atomic mass is 19.1. The van der Waals surface area contributed by atoms with Crippen LogP contribution in [-0.4, -0.2) is 33.9 Å². The lowest BCUT2D eigenvalue weighted by molar-refractivity contribution is 0.252. The van der Waals surface area contributed by atoms with E-state index < -0.39 is 11.8 Å². The zero-order valence-corrected chi connectivity index (χ0v) is 14.4. The van der Waals surface area contributed by atoms with Crippen molar-refractivity contribution in [2.24, 2.45) is 0 Å². The second kappa shape index (κ2) is 8.77. The summed E-state index contributed by atoms with van der Waals surface area (Å²) in [5, 5.41) is 5.14. The Hall–Kier alpha value is -2.96. The van der Waals surface area contributed by atoms with Crippen LogP contribution in [0, 0.1) is 5.82 Å². The average Bonchev–Trinajstić information content (AvgIpc) is 2.63. The van der Waals surface area contributed by atoms with Gasteiger partial charge in [-0.25, -0.2) is 9.18 Å². The summed E-state index contributed by atoms with van der Waals surface area (Å²) in [7, 11) is 4.66. The molecule has 0 atom stereocenters. The zero-order chi connectivity index (χ0) is 18.2. The minimum absolute atomic E-state index is 0.128. The molecule has 0 saturated carbocycles. The van der Waals surface area contributed by atoms with Crippen LogP contribution in [0.15, 0.2) is 36.4 Å². The van der Waals surface area contributed by atoms with Crippen molar-refractivity contribution in [3.05, 3.63) is 47.8 Å². The van der Waals surface area contributed by atoms with Crippen molar-refractivity contribution < 1.29 is 23.4 Å². The fraction of sp³-hybridized carbons (Fsp3) is 0.278. The molecule has 0 aliphatic rings. The van der Waals surface area contributed by atoms with Crippen molar-refractivity contribution in [3.8, 4) is 17.2 Å². The molecule has 0 unspecified atom stereocenters. The Labute approximate surface area is 145 Å². The van der Waals surface area contributed by atoms with Crippen LogP contribution in [-0.2, 0) is 6.42 Å². The lowest BCUT2D eigenvalue weighted by Crippen LogP contribution is -2.30. The third-order valence-corrected chi connectivity index (χ3v) is 3.59. The number of benzene rings is 2. The van der Waals surface area contributed by atoms with Gasteiger partial charge in [0.15, 0.2) is 11.5 Å². The molecular weight excluding hydrogens is 327 g/mol. The summed E-state index contributed by atoms with van der Waals surface area (Å²) < 4.78 is 29.4. The van der Waals surface area contributed by atoms with E-state index in [0.717, 1.165) is 5.56 Å². The summed E-state index contributed by atoms with van der Waals surface area (Å²) in [6.07, 6.45) is 0.508. The summed E-state index contributed by atoms with van der Waals surface area (Å²) in [6.45, 7) is 0.339. The van der Waals surface area contributed by atoms with Crippen molar-refractivity contribution in [1.82, 2.24) is 5.32 Å². The molecule has 0 spiro atoms. The molecule has 2 N–H and O–H groups in total. The monoisotopic (exact) mass is 348 g/mol. The van der Waals surface area contributed by atoms with E-state index in [9.17, 15) is 9.18 Å². The second-order valence-corrected chi connectivity index (χ2v) is 5.13. The fourth-order valence-corrected chi connectivity index (χ4v) is 2.33.